The van der Waals surface area contributed by atoms with E-state index in [0.29, 0.717) is 0 Å². The standard InChI is InChI=1S/C12H21NO5/c1-6-8(14)9(17-10(6)15)7(2)13-11(16)18-12(3,4)5/h6-9,14H,1-5H3,(H,13,16)/t6-,7+,8+,9+/m1/s1. The summed E-state index contributed by atoms with van der Waals surface area (Å²) in [6.07, 6.45) is -2.25. The van der Waals surface area contributed by atoms with Gasteiger partial charge in [0.25, 0.3) is 0 Å². The molecule has 18 heavy (non-hydrogen) atoms. The van der Waals surface area contributed by atoms with Gasteiger partial charge in [0, 0.05) is 0 Å². The Morgan fingerprint density at radius 3 is 2.44 bits per heavy atom. The fourth-order valence-electron chi connectivity index (χ4n) is 1.71. The second kappa shape index (κ2) is 5.14. The van der Waals surface area contributed by atoms with Gasteiger partial charge in [-0.15, -0.1) is 0 Å². The fraction of sp³-hybridized carbons (Fsp3) is 0.833. The van der Waals surface area contributed by atoms with E-state index in [4.69, 9.17) is 9.47 Å². The monoisotopic (exact) mass is 259 g/mol. The number of ether oxygens (including phenoxy) is 2. The van der Waals surface area contributed by atoms with Crippen LogP contribution in [0, 0.1) is 5.92 Å². The fourth-order valence-corrected chi connectivity index (χ4v) is 1.71. The van der Waals surface area contributed by atoms with Crippen molar-refractivity contribution in [2.75, 3.05) is 0 Å². The molecule has 0 bridgehead atoms. The highest BCUT2D eigenvalue weighted by Gasteiger charge is 2.44. The minimum absolute atomic E-state index is 0.453. The van der Waals surface area contributed by atoms with Crippen LogP contribution in [0.5, 0.6) is 0 Å². The zero-order chi connectivity index (χ0) is 14.1. The van der Waals surface area contributed by atoms with E-state index in [1.807, 2.05) is 0 Å². The van der Waals surface area contributed by atoms with Crippen molar-refractivity contribution in [1.82, 2.24) is 5.32 Å². The Bertz CT molecular complexity index is 336. The molecule has 0 saturated carbocycles. The molecule has 1 rings (SSSR count). The Labute approximate surface area is 107 Å². The third kappa shape index (κ3) is 3.60. The molecular weight excluding hydrogens is 238 g/mol. The lowest BCUT2D eigenvalue weighted by Crippen LogP contribution is -2.47. The van der Waals surface area contributed by atoms with Crippen LogP contribution in [0.2, 0.25) is 0 Å². The Balaban J connectivity index is 2.54. The maximum absolute atomic E-state index is 11.5. The van der Waals surface area contributed by atoms with Gasteiger partial charge in [0.2, 0.25) is 0 Å². The summed E-state index contributed by atoms with van der Waals surface area (Å²) >= 11 is 0. The van der Waals surface area contributed by atoms with Gasteiger partial charge in [-0.25, -0.2) is 4.79 Å². The average Bonchev–Trinajstić information content (AvgIpc) is 2.43. The number of alkyl carbamates (subject to hydrolysis) is 1. The predicted octanol–water partition coefficient (Wildman–Crippen LogP) is 0.822. The summed E-state index contributed by atoms with van der Waals surface area (Å²) in [6.45, 7) is 8.51. The van der Waals surface area contributed by atoms with E-state index in [-0.39, 0.29) is 0 Å². The van der Waals surface area contributed by atoms with Crippen molar-refractivity contribution in [3.63, 3.8) is 0 Å². The second-order valence-corrected chi connectivity index (χ2v) is 5.62. The van der Waals surface area contributed by atoms with Crippen LogP contribution in [0.15, 0.2) is 0 Å². The highest BCUT2D eigenvalue weighted by Crippen LogP contribution is 2.23. The number of cyclic esters (lactones) is 1. The average molecular weight is 259 g/mol. The number of aliphatic hydroxyl groups excluding tert-OH is 1. The smallest absolute Gasteiger partial charge is 0.407 e. The second-order valence-electron chi connectivity index (χ2n) is 5.62. The molecule has 6 heteroatoms. The Hall–Kier alpha value is -1.30. The minimum Gasteiger partial charge on any atom is -0.457 e. The van der Waals surface area contributed by atoms with Crippen LogP contribution in [0.25, 0.3) is 0 Å². The Morgan fingerprint density at radius 1 is 1.50 bits per heavy atom. The Kier molecular flexibility index (Phi) is 4.21. The summed E-state index contributed by atoms with van der Waals surface area (Å²) in [5, 5.41) is 12.4. The molecular formula is C12H21NO5. The largest absolute Gasteiger partial charge is 0.457 e. The molecule has 1 fully saturated rings. The van der Waals surface area contributed by atoms with Crippen molar-refractivity contribution in [1.29, 1.82) is 0 Å². The third-order valence-corrected chi connectivity index (χ3v) is 2.71. The molecule has 0 aliphatic carbocycles. The molecule has 1 aliphatic rings. The summed E-state index contributed by atoms with van der Waals surface area (Å²) in [6, 6.07) is -0.510. The summed E-state index contributed by atoms with van der Waals surface area (Å²) in [5.74, 6) is -1.02. The third-order valence-electron chi connectivity index (χ3n) is 2.71. The number of hydrogen-bond acceptors (Lipinski definition) is 5. The van der Waals surface area contributed by atoms with Gasteiger partial charge in [-0.3, -0.25) is 4.79 Å². The predicted molar refractivity (Wildman–Crippen MR) is 63.9 cm³/mol. The number of hydrogen-bond donors (Lipinski definition) is 2. The number of carbonyl (C=O) groups is 2. The number of rotatable bonds is 2. The van der Waals surface area contributed by atoms with Crippen LogP contribution in [0.3, 0.4) is 0 Å². The van der Waals surface area contributed by atoms with Crippen molar-refractivity contribution in [2.45, 2.75) is 58.5 Å². The van der Waals surface area contributed by atoms with E-state index in [0.717, 1.165) is 0 Å². The zero-order valence-corrected chi connectivity index (χ0v) is 11.4. The van der Waals surface area contributed by atoms with Crippen molar-refractivity contribution >= 4 is 12.1 Å². The van der Waals surface area contributed by atoms with Gasteiger partial charge in [-0.05, 0) is 34.6 Å². The molecule has 0 spiro atoms. The molecule has 4 atom stereocenters. The lowest BCUT2D eigenvalue weighted by molar-refractivity contribution is -0.144. The quantitative estimate of drug-likeness (QED) is 0.717. The molecule has 0 radical (unpaired) electrons. The van der Waals surface area contributed by atoms with Gasteiger partial charge in [-0.2, -0.15) is 0 Å². The van der Waals surface area contributed by atoms with Gasteiger partial charge >= 0.3 is 12.1 Å². The Morgan fingerprint density at radius 2 is 2.06 bits per heavy atom. The summed E-state index contributed by atoms with van der Waals surface area (Å²) < 4.78 is 10.1. The van der Waals surface area contributed by atoms with Crippen molar-refractivity contribution in [3.05, 3.63) is 0 Å². The van der Waals surface area contributed by atoms with E-state index in [1.54, 1.807) is 34.6 Å². The normalized spacial score (nSPS) is 29.7. The van der Waals surface area contributed by atoms with Gasteiger partial charge < -0.3 is 19.9 Å². The number of amides is 1. The molecule has 1 saturated heterocycles. The topological polar surface area (TPSA) is 84.9 Å². The first kappa shape index (κ1) is 14.8. The SMILES string of the molecule is C[C@H](NC(=O)OC(C)(C)C)[C@@H]1OC(=O)[C@H](C)[C@@H]1O. The number of carbonyl (C=O) groups excluding carboxylic acids is 2. The van der Waals surface area contributed by atoms with E-state index < -0.39 is 41.8 Å². The van der Waals surface area contributed by atoms with E-state index in [1.165, 1.54) is 0 Å². The van der Waals surface area contributed by atoms with Gasteiger partial charge in [-0.1, -0.05) is 0 Å². The summed E-state index contributed by atoms with van der Waals surface area (Å²) in [4.78, 5) is 22.8. The van der Waals surface area contributed by atoms with Crippen molar-refractivity contribution < 1.29 is 24.2 Å². The molecule has 0 unspecified atom stereocenters. The number of nitrogens with one attached hydrogen (secondary N) is 1. The first-order valence-corrected chi connectivity index (χ1v) is 6.00. The molecule has 1 amide bonds. The maximum Gasteiger partial charge on any atom is 0.407 e. The van der Waals surface area contributed by atoms with Crippen LogP contribution < -0.4 is 5.32 Å². The molecule has 0 aromatic carbocycles. The lowest BCUT2D eigenvalue weighted by Gasteiger charge is -2.25. The molecule has 2 N–H and O–H groups in total. The van der Waals surface area contributed by atoms with E-state index >= 15 is 0 Å². The van der Waals surface area contributed by atoms with Crippen LogP contribution in [-0.2, 0) is 14.3 Å². The molecule has 6 nitrogen and oxygen atoms in total. The molecule has 1 heterocycles. The first-order valence-electron chi connectivity index (χ1n) is 6.00. The van der Waals surface area contributed by atoms with Crippen LogP contribution in [0.4, 0.5) is 4.79 Å². The van der Waals surface area contributed by atoms with Crippen LogP contribution in [-0.4, -0.2) is 41.0 Å². The molecule has 0 aromatic rings. The van der Waals surface area contributed by atoms with E-state index in [2.05, 4.69) is 5.32 Å². The van der Waals surface area contributed by atoms with Gasteiger partial charge in [0.1, 0.15) is 17.8 Å². The van der Waals surface area contributed by atoms with Crippen molar-refractivity contribution in [2.24, 2.45) is 5.92 Å². The molecule has 104 valence electrons. The molecule has 1 aliphatic heterocycles. The number of esters is 1. The highest BCUT2D eigenvalue weighted by atomic mass is 16.6. The highest BCUT2D eigenvalue weighted by molar-refractivity contribution is 5.75. The number of aliphatic hydroxyl groups is 1. The molecule has 0 aromatic heterocycles. The van der Waals surface area contributed by atoms with E-state index in [9.17, 15) is 14.7 Å². The summed E-state index contributed by atoms with van der Waals surface area (Å²) in [7, 11) is 0. The summed E-state index contributed by atoms with van der Waals surface area (Å²) in [5.41, 5.74) is -0.595. The van der Waals surface area contributed by atoms with Gasteiger partial charge in [0.05, 0.1) is 12.0 Å². The van der Waals surface area contributed by atoms with Crippen LogP contribution >= 0.6 is 0 Å². The van der Waals surface area contributed by atoms with Gasteiger partial charge in [0.15, 0.2) is 0 Å². The lowest BCUT2D eigenvalue weighted by atomic mass is 10.00. The zero-order valence-electron chi connectivity index (χ0n) is 11.4. The van der Waals surface area contributed by atoms with Crippen LogP contribution in [0.1, 0.15) is 34.6 Å². The maximum atomic E-state index is 11.5. The first-order chi connectivity index (χ1) is 8.11. The minimum atomic E-state index is -0.914. The van der Waals surface area contributed by atoms with Crippen molar-refractivity contribution in [3.8, 4) is 0 Å².